The topological polar surface area (TPSA) is 35.0 Å². The van der Waals surface area contributed by atoms with Gasteiger partial charge in [-0.3, -0.25) is 4.98 Å². The fraction of sp³-hybridized carbons (Fsp3) is 0.0909. The van der Waals surface area contributed by atoms with Crippen LogP contribution in [0.4, 0.5) is 4.39 Å². The van der Waals surface area contributed by atoms with Crippen LogP contribution in [0.2, 0.25) is 10.2 Å². The van der Waals surface area contributed by atoms with E-state index in [9.17, 15) is 4.39 Å². The van der Waals surface area contributed by atoms with Gasteiger partial charge in [-0.1, -0.05) is 23.2 Å². The van der Waals surface area contributed by atoms with Crippen molar-refractivity contribution in [3.05, 3.63) is 52.3 Å². The van der Waals surface area contributed by atoms with E-state index in [1.165, 1.54) is 30.6 Å². The van der Waals surface area contributed by atoms with Crippen molar-refractivity contribution in [3.8, 4) is 5.75 Å². The van der Waals surface area contributed by atoms with Gasteiger partial charge in [-0.15, -0.1) is 0 Å². The molecule has 88 valence electrons. The lowest BCUT2D eigenvalue weighted by Crippen LogP contribution is -1.99. The highest BCUT2D eigenvalue weighted by Gasteiger charge is 2.02. The number of rotatable bonds is 3. The zero-order chi connectivity index (χ0) is 12.3. The van der Waals surface area contributed by atoms with E-state index in [1.807, 2.05) is 0 Å². The molecule has 0 amide bonds. The van der Waals surface area contributed by atoms with Gasteiger partial charge in [0.1, 0.15) is 23.3 Å². The highest BCUT2D eigenvalue weighted by molar-refractivity contribution is 6.30. The van der Waals surface area contributed by atoms with Crippen LogP contribution in [0.5, 0.6) is 5.75 Å². The minimum Gasteiger partial charge on any atom is -0.487 e. The Morgan fingerprint density at radius 1 is 1.18 bits per heavy atom. The van der Waals surface area contributed by atoms with Crippen molar-refractivity contribution < 1.29 is 9.13 Å². The molecule has 2 rings (SSSR count). The molecular weight excluding hydrogens is 266 g/mol. The van der Waals surface area contributed by atoms with E-state index in [1.54, 1.807) is 0 Å². The van der Waals surface area contributed by atoms with Crippen molar-refractivity contribution in [2.45, 2.75) is 6.61 Å². The van der Waals surface area contributed by atoms with Gasteiger partial charge in [-0.2, -0.15) is 0 Å². The normalized spacial score (nSPS) is 10.3. The summed E-state index contributed by atoms with van der Waals surface area (Å²) >= 11 is 11.2. The maximum atomic E-state index is 12.9. The second kappa shape index (κ2) is 5.29. The lowest BCUT2D eigenvalue weighted by atomic mass is 10.3. The van der Waals surface area contributed by atoms with Gasteiger partial charge >= 0.3 is 0 Å². The van der Waals surface area contributed by atoms with Crippen molar-refractivity contribution in [1.82, 2.24) is 9.97 Å². The minimum absolute atomic E-state index is 0.0182. The van der Waals surface area contributed by atoms with E-state index in [-0.39, 0.29) is 11.6 Å². The van der Waals surface area contributed by atoms with E-state index in [2.05, 4.69) is 9.97 Å². The Balaban J connectivity index is 2.02. The van der Waals surface area contributed by atoms with Crippen LogP contribution >= 0.6 is 23.2 Å². The van der Waals surface area contributed by atoms with Crippen LogP contribution in [-0.2, 0) is 6.61 Å². The van der Waals surface area contributed by atoms with Crippen LogP contribution in [0.1, 0.15) is 5.69 Å². The number of halogens is 3. The summed E-state index contributed by atoms with van der Waals surface area (Å²) in [5, 5.41) is 0.336. The molecule has 0 radical (unpaired) electrons. The van der Waals surface area contributed by atoms with Crippen LogP contribution in [0.15, 0.2) is 30.6 Å². The Morgan fingerprint density at radius 2 is 2.00 bits per heavy atom. The van der Waals surface area contributed by atoms with E-state index >= 15 is 0 Å². The van der Waals surface area contributed by atoms with Crippen LogP contribution in [0.3, 0.4) is 0 Å². The largest absolute Gasteiger partial charge is 0.487 e. The molecular formula is C11H7Cl2FN2O. The smallest absolute Gasteiger partial charge is 0.147 e. The maximum Gasteiger partial charge on any atom is 0.147 e. The Hall–Kier alpha value is -1.39. The molecule has 1 aromatic carbocycles. The number of hydrogen-bond acceptors (Lipinski definition) is 3. The molecule has 0 aliphatic rings. The standard InChI is InChI=1S/C11H7Cl2FN2O/c12-9-3-8(1-2-10(9)14)17-6-7-4-16-11(13)5-15-7/h1-5H,6H2. The Kier molecular flexibility index (Phi) is 3.76. The summed E-state index contributed by atoms with van der Waals surface area (Å²) < 4.78 is 18.3. The van der Waals surface area contributed by atoms with Crippen molar-refractivity contribution in [2.75, 3.05) is 0 Å². The predicted octanol–water partition coefficient (Wildman–Crippen LogP) is 3.50. The summed E-state index contributed by atoms with van der Waals surface area (Å²) in [7, 11) is 0. The van der Waals surface area contributed by atoms with Gasteiger partial charge in [0.2, 0.25) is 0 Å². The van der Waals surface area contributed by atoms with Crippen molar-refractivity contribution in [2.24, 2.45) is 0 Å². The van der Waals surface area contributed by atoms with Crippen LogP contribution < -0.4 is 4.74 Å². The Labute approximate surface area is 107 Å². The lowest BCUT2D eigenvalue weighted by molar-refractivity contribution is 0.300. The lowest BCUT2D eigenvalue weighted by Gasteiger charge is -2.05. The fourth-order valence-electron chi connectivity index (χ4n) is 1.14. The summed E-state index contributed by atoms with van der Waals surface area (Å²) in [5.74, 6) is -0.0153. The number of aromatic nitrogens is 2. The van der Waals surface area contributed by atoms with Gasteiger partial charge in [-0.25, -0.2) is 9.37 Å². The zero-order valence-corrected chi connectivity index (χ0v) is 10.0. The summed E-state index contributed by atoms with van der Waals surface area (Å²) in [6.45, 7) is 0.214. The first-order chi connectivity index (χ1) is 8.15. The highest BCUT2D eigenvalue weighted by Crippen LogP contribution is 2.21. The molecule has 3 nitrogen and oxygen atoms in total. The summed E-state index contributed by atoms with van der Waals surface area (Å²) in [4.78, 5) is 7.87. The van der Waals surface area contributed by atoms with Gasteiger partial charge in [0.05, 0.1) is 23.1 Å². The van der Waals surface area contributed by atoms with Crippen LogP contribution in [0, 0.1) is 5.82 Å². The summed E-state index contributed by atoms with van der Waals surface area (Å²) in [5.41, 5.74) is 0.620. The average molecular weight is 273 g/mol. The van der Waals surface area contributed by atoms with Gasteiger partial charge in [0, 0.05) is 6.07 Å². The molecule has 17 heavy (non-hydrogen) atoms. The third kappa shape index (κ3) is 3.28. The second-order valence-electron chi connectivity index (χ2n) is 3.20. The SMILES string of the molecule is Fc1ccc(OCc2cnc(Cl)cn2)cc1Cl. The second-order valence-corrected chi connectivity index (χ2v) is 3.99. The third-order valence-electron chi connectivity index (χ3n) is 1.95. The Bertz CT molecular complexity index is 519. The first kappa shape index (κ1) is 12.1. The zero-order valence-electron chi connectivity index (χ0n) is 8.53. The fourth-order valence-corrected chi connectivity index (χ4v) is 1.41. The van der Waals surface area contributed by atoms with Gasteiger partial charge in [0.15, 0.2) is 0 Å². The molecule has 0 aliphatic carbocycles. The van der Waals surface area contributed by atoms with Crippen LogP contribution in [-0.4, -0.2) is 9.97 Å². The van der Waals surface area contributed by atoms with Crippen molar-refractivity contribution in [3.63, 3.8) is 0 Å². The molecule has 6 heteroatoms. The molecule has 0 saturated heterocycles. The number of nitrogens with zero attached hydrogens (tertiary/aromatic N) is 2. The minimum atomic E-state index is -0.481. The molecule has 0 bridgehead atoms. The van der Waals surface area contributed by atoms with E-state index < -0.39 is 5.82 Å². The molecule has 2 aromatic rings. The van der Waals surface area contributed by atoms with E-state index in [4.69, 9.17) is 27.9 Å². The Morgan fingerprint density at radius 3 is 2.65 bits per heavy atom. The molecule has 0 fully saturated rings. The molecule has 0 saturated carbocycles. The highest BCUT2D eigenvalue weighted by atomic mass is 35.5. The van der Waals surface area contributed by atoms with Gasteiger partial charge in [-0.05, 0) is 12.1 Å². The monoisotopic (exact) mass is 272 g/mol. The predicted molar refractivity (Wildman–Crippen MR) is 62.8 cm³/mol. The van der Waals surface area contributed by atoms with E-state index in [0.29, 0.717) is 16.6 Å². The summed E-state index contributed by atoms with van der Waals surface area (Å²) in [6, 6.07) is 4.13. The van der Waals surface area contributed by atoms with Crippen LogP contribution in [0.25, 0.3) is 0 Å². The van der Waals surface area contributed by atoms with Gasteiger partial charge in [0.25, 0.3) is 0 Å². The number of benzene rings is 1. The first-order valence-corrected chi connectivity index (χ1v) is 5.45. The third-order valence-corrected chi connectivity index (χ3v) is 2.44. The average Bonchev–Trinajstić information content (AvgIpc) is 2.33. The first-order valence-electron chi connectivity index (χ1n) is 4.69. The molecule has 0 N–H and O–H groups in total. The molecule has 0 spiro atoms. The van der Waals surface area contributed by atoms with Crippen molar-refractivity contribution in [1.29, 1.82) is 0 Å². The van der Waals surface area contributed by atoms with Crippen molar-refractivity contribution >= 4 is 23.2 Å². The number of hydrogen-bond donors (Lipinski definition) is 0. The molecule has 1 aromatic heterocycles. The summed E-state index contributed by atoms with van der Waals surface area (Å²) in [6.07, 6.45) is 2.94. The van der Waals surface area contributed by atoms with Gasteiger partial charge < -0.3 is 4.74 Å². The molecule has 0 atom stereocenters. The number of ether oxygens (including phenoxy) is 1. The van der Waals surface area contributed by atoms with E-state index in [0.717, 1.165) is 0 Å². The quantitative estimate of drug-likeness (QED) is 0.858. The molecule has 1 heterocycles. The molecule has 0 unspecified atom stereocenters. The maximum absolute atomic E-state index is 12.9. The molecule has 0 aliphatic heterocycles.